The number of carbonyl (C=O) groups is 3. The Labute approximate surface area is 118 Å². The summed E-state index contributed by atoms with van der Waals surface area (Å²) in [5.41, 5.74) is 0. The van der Waals surface area contributed by atoms with Crippen molar-refractivity contribution >= 4 is 17.8 Å². The minimum Gasteiger partial charge on any atom is -0.354 e. The van der Waals surface area contributed by atoms with Gasteiger partial charge in [-0.05, 0) is 37.0 Å². The lowest BCUT2D eigenvalue weighted by Gasteiger charge is -2.26. The molecular formula is C14H21N3O3. The topological polar surface area (TPSA) is 78.5 Å². The van der Waals surface area contributed by atoms with Crippen molar-refractivity contribution in [1.29, 1.82) is 0 Å². The van der Waals surface area contributed by atoms with E-state index in [9.17, 15) is 14.4 Å². The molecule has 6 heteroatoms. The highest BCUT2D eigenvalue weighted by molar-refractivity contribution is 5.98. The van der Waals surface area contributed by atoms with Crippen LogP contribution >= 0.6 is 0 Å². The highest BCUT2D eigenvalue weighted by atomic mass is 16.2. The highest BCUT2D eigenvalue weighted by Gasteiger charge is 2.39. The van der Waals surface area contributed by atoms with Gasteiger partial charge in [0, 0.05) is 19.5 Å². The van der Waals surface area contributed by atoms with Gasteiger partial charge in [-0.15, -0.1) is 0 Å². The fourth-order valence-corrected chi connectivity index (χ4v) is 3.85. The van der Waals surface area contributed by atoms with Gasteiger partial charge in [-0.1, -0.05) is 6.42 Å². The maximum atomic E-state index is 11.9. The van der Waals surface area contributed by atoms with Crippen molar-refractivity contribution in [3.8, 4) is 0 Å². The molecule has 1 aliphatic heterocycles. The SMILES string of the molecule is O=C(CN1CCC(=O)NC1=O)NCC1CC2CCC1C2. The van der Waals surface area contributed by atoms with Crippen molar-refractivity contribution in [3.05, 3.63) is 0 Å². The van der Waals surface area contributed by atoms with E-state index in [0.717, 1.165) is 18.4 Å². The van der Waals surface area contributed by atoms with E-state index in [1.54, 1.807) is 0 Å². The number of nitrogens with zero attached hydrogens (tertiary/aromatic N) is 1. The molecule has 3 aliphatic rings. The Bertz CT molecular complexity index is 437. The fourth-order valence-electron chi connectivity index (χ4n) is 3.85. The quantitative estimate of drug-likeness (QED) is 0.785. The molecule has 1 saturated heterocycles. The van der Waals surface area contributed by atoms with Crippen LogP contribution in [0.5, 0.6) is 0 Å². The first-order chi connectivity index (χ1) is 9.61. The summed E-state index contributed by atoms with van der Waals surface area (Å²) in [5.74, 6) is 1.89. The van der Waals surface area contributed by atoms with Crippen LogP contribution in [0.2, 0.25) is 0 Å². The second-order valence-electron chi connectivity index (χ2n) is 6.26. The van der Waals surface area contributed by atoms with Crippen LogP contribution in [-0.4, -0.2) is 42.4 Å². The van der Waals surface area contributed by atoms with Gasteiger partial charge in [-0.2, -0.15) is 0 Å². The van der Waals surface area contributed by atoms with Crippen LogP contribution in [0, 0.1) is 17.8 Å². The monoisotopic (exact) mass is 279 g/mol. The van der Waals surface area contributed by atoms with E-state index in [2.05, 4.69) is 10.6 Å². The standard InChI is InChI=1S/C14H21N3O3/c18-12-3-4-17(14(20)16-12)8-13(19)15-7-11-6-9-1-2-10(11)5-9/h9-11H,1-8H2,(H,15,19)(H,16,18,20). The van der Waals surface area contributed by atoms with Crippen LogP contribution in [0.1, 0.15) is 32.1 Å². The summed E-state index contributed by atoms with van der Waals surface area (Å²) in [6.07, 6.45) is 5.51. The molecule has 3 unspecified atom stereocenters. The molecule has 0 aromatic heterocycles. The number of urea groups is 1. The highest BCUT2D eigenvalue weighted by Crippen LogP contribution is 2.47. The van der Waals surface area contributed by atoms with Gasteiger partial charge in [0.15, 0.2) is 0 Å². The molecule has 0 radical (unpaired) electrons. The van der Waals surface area contributed by atoms with Crippen LogP contribution in [0.25, 0.3) is 0 Å². The Hall–Kier alpha value is -1.59. The Morgan fingerprint density at radius 2 is 2.15 bits per heavy atom. The zero-order chi connectivity index (χ0) is 14.1. The number of nitrogens with one attached hydrogen (secondary N) is 2. The van der Waals surface area contributed by atoms with Crippen molar-refractivity contribution in [2.45, 2.75) is 32.1 Å². The van der Waals surface area contributed by atoms with Crippen molar-refractivity contribution in [1.82, 2.24) is 15.5 Å². The summed E-state index contributed by atoms with van der Waals surface area (Å²) in [7, 11) is 0. The van der Waals surface area contributed by atoms with Crippen molar-refractivity contribution in [3.63, 3.8) is 0 Å². The van der Waals surface area contributed by atoms with E-state index >= 15 is 0 Å². The average molecular weight is 279 g/mol. The molecule has 2 saturated carbocycles. The van der Waals surface area contributed by atoms with Gasteiger partial charge in [0.2, 0.25) is 11.8 Å². The molecule has 3 atom stereocenters. The maximum absolute atomic E-state index is 11.9. The number of imide groups is 1. The lowest BCUT2D eigenvalue weighted by atomic mass is 9.89. The third kappa shape index (κ3) is 2.78. The minimum atomic E-state index is -0.462. The Kier molecular flexibility index (Phi) is 3.63. The third-order valence-electron chi connectivity index (χ3n) is 4.92. The van der Waals surface area contributed by atoms with Crippen molar-refractivity contribution in [2.24, 2.45) is 17.8 Å². The number of fused-ring (bicyclic) bond motifs is 2. The second-order valence-corrected chi connectivity index (χ2v) is 6.26. The summed E-state index contributed by atoms with van der Waals surface area (Å²) in [4.78, 5) is 35.8. The van der Waals surface area contributed by atoms with E-state index in [0.29, 0.717) is 12.5 Å². The lowest BCUT2D eigenvalue weighted by molar-refractivity contribution is -0.125. The summed E-state index contributed by atoms with van der Waals surface area (Å²) in [5, 5.41) is 5.16. The lowest BCUT2D eigenvalue weighted by Crippen LogP contribution is -2.52. The molecule has 3 fully saturated rings. The maximum Gasteiger partial charge on any atom is 0.324 e. The predicted molar refractivity (Wildman–Crippen MR) is 71.7 cm³/mol. The van der Waals surface area contributed by atoms with Crippen LogP contribution in [0.3, 0.4) is 0 Å². The first-order valence-electron chi connectivity index (χ1n) is 7.47. The molecule has 0 spiro atoms. The van der Waals surface area contributed by atoms with E-state index < -0.39 is 6.03 Å². The summed E-state index contributed by atoms with van der Waals surface area (Å²) < 4.78 is 0. The first-order valence-corrected chi connectivity index (χ1v) is 7.47. The predicted octanol–water partition coefficient (Wildman–Crippen LogP) is 0.481. The largest absolute Gasteiger partial charge is 0.354 e. The fraction of sp³-hybridized carbons (Fsp3) is 0.786. The normalized spacial score (nSPS) is 32.4. The van der Waals surface area contributed by atoms with E-state index in [4.69, 9.17) is 0 Å². The average Bonchev–Trinajstić information content (AvgIpc) is 3.02. The van der Waals surface area contributed by atoms with Gasteiger partial charge in [0.1, 0.15) is 6.54 Å². The molecule has 0 aromatic rings. The molecule has 4 amide bonds. The Morgan fingerprint density at radius 3 is 2.80 bits per heavy atom. The van der Waals surface area contributed by atoms with Crippen LogP contribution < -0.4 is 10.6 Å². The molecule has 2 bridgehead atoms. The number of hydrogen-bond donors (Lipinski definition) is 2. The van der Waals surface area contributed by atoms with Crippen molar-refractivity contribution < 1.29 is 14.4 Å². The molecule has 2 N–H and O–H groups in total. The number of hydrogen-bond acceptors (Lipinski definition) is 3. The van der Waals surface area contributed by atoms with Gasteiger partial charge < -0.3 is 10.2 Å². The molecular weight excluding hydrogens is 258 g/mol. The van der Waals surface area contributed by atoms with Crippen LogP contribution in [0.4, 0.5) is 4.79 Å². The van der Waals surface area contributed by atoms with E-state index in [1.165, 1.54) is 30.6 Å². The van der Waals surface area contributed by atoms with Gasteiger partial charge in [0.25, 0.3) is 0 Å². The molecule has 2 aliphatic carbocycles. The van der Waals surface area contributed by atoms with Crippen molar-refractivity contribution in [2.75, 3.05) is 19.6 Å². The molecule has 0 aromatic carbocycles. The summed E-state index contributed by atoms with van der Waals surface area (Å²) >= 11 is 0. The number of rotatable bonds is 4. The zero-order valence-electron chi connectivity index (χ0n) is 11.6. The third-order valence-corrected chi connectivity index (χ3v) is 4.92. The first kappa shape index (κ1) is 13.4. The van der Waals surface area contributed by atoms with E-state index in [-0.39, 0.29) is 24.8 Å². The molecule has 1 heterocycles. The van der Waals surface area contributed by atoms with Gasteiger partial charge in [-0.3, -0.25) is 14.9 Å². The zero-order valence-corrected chi connectivity index (χ0v) is 11.6. The molecule has 110 valence electrons. The van der Waals surface area contributed by atoms with Gasteiger partial charge >= 0.3 is 6.03 Å². The van der Waals surface area contributed by atoms with Crippen LogP contribution in [-0.2, 0) is 9.59 Å². The van der Waals surface area contributed by atoms with Gasteiger partial charge in [0.05, 0.1) is 0 Å². The second kappa shape index (κ2) is 5.42. The summed E-state index contributed by atoms with van der Waals surface area (Å²) in [6, 6.07) is -0.462. The van der Waals surface area contributed by atoms with Gasteiger partial charge in [-0.25, -0.2) is 4.79 Å². The Morgan fingerprint density at radius 1 is 1.30 bits per heavy atom. The number of amides is 4. The van der Waals surface area contributed by atoms with Crippen LogP contribution in [0.15, 0.2) is 0 Å². The number of carbonyl (C=O) groups excluding carboxylic acids is 3. The molecule has 20 heavy (non-hydrogen) atoms. The molecule has 3 rings (SSSR count). The van der Waals surface area contributed by atoms with E-state index in [1.807, 2.05) is 0 Å². The Balaban J connectivity index is 1.41. The molecule has 6 nitrogen and oxygen atoms in total. The smallest absolute Gasteiger partial charge is 0.324 e. The summed E-state index contributed by atoms with van der Waals surface area (Å²) in [6.45, 7) is 1.10. The minimum absolute atomic E-state index is 0.0416.